The Morgan fingerprint density at radius 3 is 1.65 bits per heavy atom. The van der Waals surface area contributed by atoms with Crippen LogP contribution in [0, 0.1) is 0 Å². The monoisotopic (exact) mass is 356 g/mol. The van der Waals surface area contributed by atoms with Crippen molar-refractivity contribution in [3.63, 3.8) is 0 Å². The third-order valence-corrected chi connectivity index (χ3v) is 2.38. The fraction of sp³-hybridized carbons (Fsp3) is 0.769. The van der Waals surface area contributed by atoms with Gasteiger partial charge in [-0.1, -0.05) is 0 Å². The molecule has 0 N–H and O–H groups in total. The van der Waals surface area contributed by atoms with E-state index in [9.17, 15) is 4.79 Å². The van der Waals surface area contributed by atoms with Crippen LogP contribution in [-0.4, -0.2) is 53.4 Å². The molecule has 0 rings (SSSR count). The minimum Gasteiger partial charge on any atom is -0.497 e. The summed E-state index contributed by atoms with van der Waals surface area (Å²) in [7, 11) is 6.32. The summed E-state index contributed by atoms with van der Waals surface area (Å²) >= 11 is 2.97. The van der Waals surface area contributed by atoms with Gasteiger partial charge in [0.05, 0.1) is 10.6 Å². The molecule has 0 spiro atoms. The summed E-state index contributed by atoms with van der Waals surface area (Å²) < 4.78 is 25.2. The van der Waals surface area contributed by atoms with Gasteiger partial charge in [0, 0.05) is 34.9 Å². The van der Waals surface area contributed by atoms with E-state index in [1.165, 1.54) is 6.26 Å². The van der Waals surface area contributed by atoms with Gasteiger partial charge in [0.1, 0.15) is 6.26 Å². The molecule has 0 amide bonds. The number of halogens is 1. The number of methoxy groups -OCH3 is 4. The second-order valence-electron chi connectivity index (χ2n) is 3.84. The molecular weight excluding hydrogens is 332 g/mol. The Morgan fingerprint density at radius 1 is 1.00 bits per heavy atom. The Bertz CT molecular complexity index is 239. The Kier molecular flexibility index (Phi) is 16.3. The highest BCUT2D eigenvalue weighted by Crippen LogP contribution is 2.05. The summed E-state index contributed by atoms with van der Waals surface area (Å²) in [6, 6.07) is 0. The van der Waals surface area contributed by atoms with Gasteiger partial charge in [0.15, 0.2) is 18.9 Å². The zero-order valence-electron chi connectivity index (χ0n) is 12.9. The van der Waals surface area contributed by atoms with E-state index in [1.807, 2.05) is 13.8 Å². The van der Waals surface area contributed by atoms with Crippen LogP contribution in [0.1, 0.15) is 20.3 Å². The third kappa shape index (κ3) is 14.0. The van der Waals surface area contributed by atoms with E-state index in [0.717, 1.165) is 0 Å². The van der Waals surface area contributed by atoms with Crippen molar-refractivity contribution in [3.8, 4) is 0 Å². The molecule has 0 radical (unpaired) electrons. The number of carbonyl (C=O) groups excluding carboxylic acids is 1. The van der Waals surface area contributed by atoms with Gasteiger partial charge in [0.2, 0.25) is 0 Å². The topological polar surface area (TPSA) is 63.2 Å². The van der Waals surface area contributed by atoms with E-state index < -0.39 is 0 Å². The zero-order chi connectivity index (χ0) is 16.0. The predicted molar refractivity (Wildman–Crippen MR) is 79.5 cm³/mol. The van der Waals surface area contributed by atoms with E-state index in [2.05, 4.69) is 15.9 Å². The van der Waals surface area contributed by atoms with Gasteiger partial charge in [-0.2, -0.15) is 0 Å². The zero-order valence-corrected chi connectivity index (χ0v) is 14.5. The number of rotatable bonds is 9. The van der Waals surface area contributed by atoms with E-state index in [1.54, 1.807) is 28.4 Å². The van der Waals surface area contributed by atoms with Crippen LogP contribution < -0.4 is 0 Å². The molecule has 0 saturated heterocycles. The molecule has 120 valence electrons. The summed E-state index contributed by atoms with van der Waals surface area (Å²) in [6.07, 6.45) is 2.23. The van der Waals surface area contributed by atoms with E-state index in [4.69, 9.17) is 23.7 Å². The van der Waals surface area contributed by atoms with Crippen molar-refractivity contribution in [2.75, 3.05) is 28.4 Å². The lowest BCUT2D eigenvalue weighted by atomic mass is 10.4. The van der Waals surface area contributed by atoms with Gasteiger partial charge >= 0.3 is 0 Å². The van der Waals surface area contributed by atoms with Crippen molar-refractivity contribution in [3.05, 3.63) is 10.7 Å². The van der Waals surface area contributed by atoms with Gasteiger partial charge in [-0.15, -0.1) is 0 Å². The van der Waals surface area contributed by atoms with Crippen molar-refractivity contribution in [1.29, 1.82) is 0 Å². The number of hydrogen-bond acceptors (Lipinski definition) is 6. The molecule has 0 aliphatic carbocycles. The highest BCUT2D eigenvalue weighted by molar-refractivity contribution is 9.12. The molecule has 0 aromatic heterocycles. The molecule has 0 aromatic rings. The Morgan fingerprint density at radius 2 is 1.40 bits per heavy atom. The smallest absolute Gasteiger partial charge is 0.161 e. The molecule has 0 aliphatic heterocycles. The normalized spacial score (nSPS) is 11.6. The summed E-state index contributed by atoms with van der Waals surface area (Å²) in [4.78, 5) is 9.92. The molecule has 0 saturated carbocycles. The Hall–Kier alpha value is -0.470. The summed E-state index contributed by atoms with van der Waals surface area (Å²) in [5.41, 5.74) is 0. The van der Waals surface area contributed by atoms with Crippen molar-refractivity contribution >= 4 is 22.2 Å². The minimum absolute atomic E-state index is 0.123. The summed E-state index contributed by atoms with van der Waals surface area (Å²) in [5.74, 6) is 0. The van der Waals surface area contributed by atoms with Crippen LogP contribution in [0.5, 0.6) is 0 Å². The first-order chi connectivity index (χ1) is 9.44. The lowest BCUT2D eigenvalue weighted by Crippen LogP contribution is -2.24. The highest BCUT2D eigenvalue weighted by Gasteiger charge is 2.13. The minimum atomic E-state index is -0.264. The lowest BCUT2D eigenvalue weighted by molar-refractivity contribution is -0.178. The van der Waals surface area contributed by atoms with Crippen molar-refractivity contribution < 1.29 is 28.5 Å². The maximum absolute atomic E-state index is 9.92. The van der Waals surface area contributed by atoms with Crippen LogP contribution in [0.3, 0.4) is 0 Å². The maximum Gasteiger partial charge on any atom is 0.161 e. The predicted octanol–water partition coefficient (Wildman–Crippen LogP) is 2.46. The average molecular weight is 357 g/mol. The molecule has 7 heteroatoms. The van der Waals surface area contributed by atoms with E-state index in [0.29, 0.717) is 17.2 Å². The fourth-order valence-corrected chi connectivity index (χ4v) is 1.07. The van der Waals surface area contributed by atoms with Gasteiger partial charge in [0.25, 0.3) is 0 Å². The van der Waals surface area contributed by atoms with Gasteiger partial charge in [-0.3, -0.25) is 4.79 Å². The molecule has 20 heavy (non-hydrogen) atoms. The summed E-state index contributed by atoms with van der Waals surface area (Å²) in [6.45, 7) is 3.78. The van der Waals surface area contributed by atoms with Crippen molar-refractivity contribution in [2.24, 2.45) is 0 Å². The van der Waals surface area contributed by atoms with Gasteiger partial charge in [-0.05, 0) is 29.8 Å². The fourth-order valence-electron chi connectivity index (χ4n) is 0.963. The molecule has 0 aliphatic rings. The van der Waals surface area contributed by atoms with Crippen LogP contribution in [0.2, 0.25) is 0 Å². The van der Waals surface area contributed by atoms with Crippen LogP contribution in [-0.2, 0) is 28.5 Å². The molecule has 0 fully saturated rings. The first-order valence-corrected chi connectivity index (χ1v) is 6.81. The van der Waals surface area contributed by atoms with Crippen LogP contribution >= 0.6 is 15.9 Å². The quantitative estimate of drug-likeness (QED) is 0.273. The second kappa shape index (κ2) is 14.9. The lowest BCUT2D eigenvalue weighted by Gasteiger charge is -2.18. The molecular formula is C13H25BrO6. The third-order valence-electron chi connectivity index (χ3n) is 2.00. The molecule has 0 bridgehead atoms. The molecule has 0 aromatic carbocycles. The van der Waals surface area contributed by atoms with Crippen molar-refractivity contribution in [1.82, 2.24) is 0 Å². The molecule has 0 heterocycles. The van der Waals surface area contributed by atoms with Crippen LogP contribution in [0.15, 0.2) is 10.7 Å². The summed E-state index contributed by atoms with van der Waals surface area (Å²) in [5, 5.41) is 0. The number of hydrogen-bond donors (Lipinski definition) is 0. The van der Waals surface area contributed by atoms with Crippen LogP contribution in [0.25, 0.3) is 0 Å². The number of carbonyl (C=O) groups is 1. The first-order valence-electron chi connectivity index (χ1n) is 6.02. The molecule has 0 atom stereocenters. The van der Waals surface area contributed by atoms with Crippen molar-refractivity contribution in [2.45, 2.75) is 39.0 Å². The standard InChI is InChI=1S/C7H16O4.C6H9BrO2/c1-8-6(9-2)5-7(10-3)11-4;1-5(2)9-4-6(7)3-8/h6-7H,5H2,1-4H3;3-5H,1-2H3/b;6-4-. The average Bonchev–Trinajstić information content (AvgIpc) is 2.46. The van der Waals surface area contributed by atoms with E-state index in [-0.39, 0.29) is 18.7 Å². The SMILES string of the molecule is CC(C)O/C=C(\Br)C=O.COC(CC(OC)OC)OC. The van der Waals surface area contributed by atoms with Gasteiger partial charge in [-0.25, -0.2) is 0 Å². The number of aldehydes is 1. The van der Waals surface area contributed by atoms with E-state index >= 15 is 0 Å². The van der Waals surface area contributed by atoms with Gasteiger partial charge < -0.3 is 23.7 Å². The first kappa shape index (κ1) is 21.8. The highest BCUT2D eigenvalue weighted by atomic mass is 79.9. The largest absolute Gasteiger partial charge is 0.497 e. The van der Waals surface area contributed by atoms with Crippen LogP contribution in [0.4, 0.5) is 0 Å². The Balaban J connectivity index is 0. The molecule has 0 unspecified atom stereocenters. The molecule has 6 nitrogen and oxygen atoms in total. The Labute approximate surface area is 129 Å². The second-order valence-corrected chi connectivity index (χ2v) is 4.76. The number of allylic oxidation sites excluding steroid dienone is 1. The number of ether oxygens (including phenoxy) is 5. The maximum atomic E-state index is 9.92.